The maximum atomic E-state index is 12.9. The van der Waals surface area contributed by atoms with E-state index in [-0.39, 0.29) is 23.7 Å². The summed E-state index contributed by atoms with van der Waals surface area (Å²) >= 11 is 0. The number of benzene rings is 1. The van der Waals surface area contributed by atoms with E-state index in [9.17, 15) is 25.9 Å². The number of carbonyl (C=O) groups excluding carboxylic acids is 1. The van der Waals surface area contributed by atoms with Crippen LogP contribution >= 0.6 is 0 Å². The predicted octanol–water partition coefficient (Wildman–Crippen LogP) is 1.41. The second kappa shape index (κ2) is 4.26. The maximum absolute atomic E-state index is 12.9. The average molecular weight is 323 g/mol. The fourth-order valence-corrected chi connectivity index (χ4v) is 2.89. The number of halogens is 3. The van der Waals surface area contributed by atoms with Gasteiger partial charge in [-0.05, 0) is 12.1 Å². The van der Waals surface area contributed by atoms with Crippen LogP contribution in [-0.2, 0) is 15.0 Å². The Balaban J connectivity index is 1.88. The molecule has 0 N–H and O–H groups in total. The van der Waals surface area contributed by atoms with Crippen molar-refractivity contribution in [3.05, 3.63) is 18.2 Å². The number of alkyl halides is 2. The first-order valence-electron chi connectivity index (χ1n) is 5.79. The lowest BCUT2D eigenvalue weighted by molar-refractivity contribution is -0.286. The van der Waals surface area contributed by atoms with Gasteiger partial charge in [-0.3, -0.25) is 4.79 Å². The molecule has 0 spiro atoms. The lowest BCUT2D eigenvalue weighted by Crippen LogP contribution is -2.27. The molecule has 1 amide bonds. The summed E-state index contributed by atoms with van der Waals surface area (Å²) in [5.74, 6) is -1.10. The second-order valence-corrected chi connectivity index (χ2v) is 6.22. The van der Waals surface area contributed by atoms with E-state index in [0.29, 0.717) is 0 Å². The van der Waals surface area contributed by atoms with Crippen LogP contribution in [0.5, 0.6) is 11.5 Å². The van der Waals surface area contributed by atoms with Crippen molar-refractivity contribution < 1.29 is 35.4 Å². The average Bonchev–Trinajstić information content (AvgIpc) is 2.85. The monoisotopic (exact) mass is 323 g/mol. The van der Waals surface area contributed by atoms with Crippen molar-refractivity contribution in [2.75, 3.05) is 11.4 Å². The summed E-state index contributed by atoms with van der Waals surface area (Å²) in [7, 11) is -4.84. The van der Waals surface area contributed by atoms with Crippen molar-refractivity contribution in [3.63, 3.8) is 0 Å². The van der Waals surface area contributed by atoms with Crippen LogP contribution < -0.4 is 14.4 Å². The Morgan fingerprint density at radius 1 is 1.24 bits per heavy atom. The first kappa shape index (κ1) is 14.0. The fourth-order valence-electron chi connectivity index (χ4n) is 2.22. The van der Waals surface area contributed by atoms with Crippen molar-refractivity contribution in [1.29, 1.82) is 0 Å². The van der Waals surface area contributed by atoms with E-state index < -0.39 is 34.1 Å². The van der Waals surface area contributed by atoms with Gasteiger partial charge in [0.2, 0.25) is 5.91 Å². The number of carbonyl (C=O) groups is 1. The van der Waals surface area contributed by atoms with E-state index in [4.69, 9.17) is 0 Å². The Kier molecular flexibility index (Phi) is 2.84. The lowest BCUT2D eigenvalue weighted by Gasteiger charge is -2.16. The lowest BCUT2D eigenvalue weighted by atomic mass is 10.2. The van der Waals surface area contributed by atoms with Crippen molar-refractivity contribution in [1.82, 2.24) is 0 Å². The highest BCUT2D eigenvalue weighted by molar-refractivity contribution is 7.87. The van der Waals surface area contributed by atoms with E-state index in [1.54, 1.807) is 0 Å². The first-order chi connectivity index (χ1) is 9.66. The smallest absolute Gasteiger partial charge is 0.395 e. The molecule has 10 heteroatoms. The molecule has 0 aromatic heterocycles. The zero-order chi connectivity index (χ0) is 15.4. The molecule has 1 unspecified atom stereocenters. The van der Waals surface area contributed by atoms with Crippen molar-refractivity contribution in [2.45, 2.75) is 18.0 Å². The molecular formula is C11H8F3NO5S. The Morgan fingerprint density at radius 3 is 2.52 bits per heavy atom. The number of fused-ring (bicyclic) bond motifs is 1. The highest BCUT2D eigenvalue weighted by Gasteiger charge is 2.44. The number of nitrogens with zero attached hydrogens (tertiary/aromatic N) is 1. The van der Waals surface area contributed by atoms with Gasteiger partial charge in [-0.2, -0.15) is 8.42 Å². The minimum atomic E-state index is -4.84. The molecule has 6 nitrogen and oxygen atoms in total. The van der Waals surface area contributed by atoms with Gasteiger partial charge in [0.15, 0.2) is 11.5 Å². The highest BCUT2D eigenvalue weighted by Crippen LogP contribution is 2.43. The summed E-state index contributed by atoms with van der Waals surface area (Å²) in [5.41, 5.74) is 0.131. The van der Waals surface area contributed by atoms with Gasteiger partial charge in [-0.1, -0.05) is 0 Å². The normalized spacial score (nSPS) is 23.7. The van der Waals surface area contributed by atoms with E-state index in [2.05, 4.69) is 9.47 Å². The molecule has 1 atom stereocenters. The van der Waals surface area contributed by atoms with Crippen LogP contribution in [0.3, 0.4) is 0 Å². The van der Waals surface area contributed by atoms with Crippen LogP contribution in [0.25, 0.3) is 0 Å². The first-order valence-corrected chi connectivity index (χ1v) is 7.24. The molecule has 0 bridgehead atoms. The third kappa shape index (κ3) is 2.50. The van der Waals surface area contributed by atoms with Gasteiger partial charge in [0, 0.05) is 24.7 Å². The van der Waals surface area contributed by atoms with E-state index in [1.165, 1.54) is 6.07 Å². The van der Waals surface area contributed by atoms with E-state index >= 15 is 0 Å². The number of hydrogen-bond donors (Lipinski definition) is 0. The fraction of sp³-hybridized carbons (Fsp3) is 0.364. The number of hydrogen-bond acceptors (Lipinski definition) is 5. The van der Waals surface area contributed by atoms with Gasteiger partial charge >= 0.3 is 16.5 Å². The quantitative estimate of drug-likeness (QED) is 0.770. The molecule has 2 aliphatic rings. The molecule has 1 fully saturated rings. The summed E-state index contributed by atoms with van der Waals surface area (Å²) in [6.07, 6.45) is -4.29. The zero-order valence-electron chi connectivity index (χ0n) is 10.3. The van der Waals surface area contributed by atoms with Gasteiger partial charge in [0.05, 0.1) is 0 Å². The number of anilines is 1. The van der Waals surface area contributed by atoms with Gasteiger partial charge in [0.1, 0.15) is 5.25 Å². The molecule has 2 heterocycles. The topological polar surface area (TPSA) is 72.9 Å². The highest BCUT2D eigenvalue weighted by atomic mass is 32.3. The second-order valence-electron chi connectivity index (χ2n) is 4.60. The van der Waals surface area contributed by atoms with Crippen LogP contribution in [0, 0.1) is 0 Å². The summed E-state index contributed by atoms with van der Waals surface area (Å²) in [5, 5.41) is -1.46. The molecule has 2 aliphatic heterocycles. The van der Waals surface area contributed by atoms with Crippen LogP contribution in [0.1, 0.15) is 6.42 Å². The van der Waals surface area contributed by atoms with Gasteiger partial charge in [-0.25, -0.2) is 0 Å². The van der Waals surface area contributed by atoms with Crippen molar-refractivity contribution in [2.24, 2.45) is 0 Å². The van der Waals surface area contributed by atoms with Gasteiger partial charge < -0.3 is 14.4 Å². The standard InChI is InChI=1S/C11H8F3NO5S/c12-11(13)19-8-2-1-6(3-9(8)20-11)15-5-7(4-10(15)16)21(14,17)18/h1-3,7H,4-5H2. The Morgan fingerprint density at radius 2 is 1.90 bits per heavy atom. The van der Waals surface area contributed by atoms with Gasteiger partial charge in [0.25, 0.3) is 0 Å². The van der Waals surface area contributed by atoms with E-state index in [1.807, 2.05) is 0 Å². The maximum Gasteiger partial charge on any atom is 0.586 e. The zero-order valence-corrected chi connectivity index (χ0v) is 11.1. The molecule has 1 saturated heterocycles. The number of rotatable bonds is 2. The largest absolute Gasteiger partial charge is 0.586 e. The number of amides is 1. The molecule has 21 heavy (non-hydrogen) atoms. The van der Waals surface area contributed by atoms with Crippen LogP contribution in [0.2, 0.25) is 0 Å². The van der Waals surface area contributed by atoms with E-state index in [0.717, 1.165) is 17.0 Å². The Hall–Kier alpha value is -1.97. The van der Waals surface area contributed by atoms with Crippen LogP contribution in [-0.4, -0.2) is 32.4 Å². The van der Waals surface area contributed by atoms with Crippen LogP contribution in [0.4, 0.5) is 18.4 Å². The van der Waals surface area contributed by atoms with Gasteiger partial charge in [-0.15, -0.1) is 12.7 Å². The molecule has 1 aromatic rings. The minimum absolute atomic E-state index is 0.131. The Bertz CT molecular complexity index is 721. The summed E-state index contributed by atoms with van der Waals surface area (Å²) in [6, 6.07) is 3.56. The van der Waals surface area contributed by atoms with Crippen LogP contribution in [0.15, 0.2) is 18.2 Å². The SMILES string of the molecule is O=C1CC(S(=O)(=O)F)CN1c1ccc2c(c1)OC(F)(F)O2. The number of ether oxygens (including phenoxy) is 2. The summed E-state index contributed by atoms with van der Waals surface area (Å²) in [6.45, 7) is -0.381. The summed E-state index contributed by atoms with van der Waals surface area (Å²) < 4.78 is 68.8. The predicted molar refractivity (Wildman–Crippen MR) is 63.4 cm³/mol. The molecule has 0 aliphatic carbocycles. The molecule has 0 radical (unpaired) electrons. The molecule has 0 saturated carbocycles. The summed E-state index contributed by atoms with van der Waals surface area (Å²) in [4.78, 5) is 12.7. The molecule has 1 aromatic carbocycles. The molecule has 3 rings (SSSR count). The third-order valence-corrected chi connectivity index (χ3v) is 4.30. The van der Waals surface area contributed by atoms with Crippen molar-refractivity contribution >= 4 is 21.8 Å². The minimum Gasteiger partial charge on any atom is -0.395 e. The third-order valence-electron chi connectivity index (χ3n) is 3.18. The van der Waals surface area contributed by atoms with Crippen molar-refractivity contribution in [3.8, 4) is 11.5 Å². The molecular weight excluding hydrogens is 315 g/mol. The molecule has 114 valence electrons. The Labute approximate surface area is 117 Å².